The molecule has 16 heavy (non-hydrogen) atoms. The summed E-state index contributed by atoms with van der Waals surface area (Å²) in [5, 5.41) is 0. The van der Waals surface area contributed by atoms with E-state index >= 15 is 0 Å². The summed E-state index contributed by atoms with van der Waals surface area (Å²) in [5.41, 5.74) is 1.38. The zero-order chi connectivity index (χ0) is 12.0. The van der Waals surface area contributed by atoms with Crippen molar-refractivity contribution >= 4 is 16.5 Å². The summed E-state index contributed by atoms with van der Waals surface area (Å²) in [6.45, 7) is 5.84. The third-order valence-electron chi connectivity index (χ3n) is 2.10. The van der Waals surface area contributed by atoms with Crippen molar-refractivity contribution in [1.29, 1.82) is 0 Å². The number of para-hydroxylation sites is 1. The van der Waals surface area contributed by atoms with Crippen molar-refractivity contribution in [1.82, 2.24) is 0 Å². The van der Waals surface area contributed by atoms with Gasteiger partial charge in [-0.1, -0.05) is 24.8 Å². The van der Waals surface area contributed by atoms with Crippen molar-refractivity contribution in [2.45, 2.75) is 13.3 Å². The fourth-order valence-corrected chi connectivity index (χ4v) is 1.41. The van der Waals surface area contributed by atoms with Crippen LogP contribution in [0.3, 0.4) is 0 Å². The predicted molar refractivity (Wildman–Crippen MR) is 66.5 cm³/mol. The van der Waals surface area contributed by atoms with Crippen molar-refractivity contribution < 1.29 is 14.0 Å². The number of hydrogen-bond acceptors (Lipinski definition) is 3. The van der Waals surface area contributed by atoms with Gasteiger partial charge in [-0.05, 0) is 25.0 Å². The van der Waals surface area contributed by atoms with Crippen molar-refractivity contribution in [3.05, 3.63) is 42.0 Å². The average Bonchev–Trinajstić information content (AvgIpc) is 2.27. The average molecular weight is 236 g/mol. The second-order valence-corrected chi connectivity index (χ2v) is 4.10. The second-order valence-electron chi connectivity index (χ2n) is 3.52. The van der Waals surface area contributed by atoms with Gasteiger partial charge in [-0.15, -0.1) is 0 Å². The van der Waals surface area contributed by atoms with Gasteiger partial charge in [0.2, 0.25) is 0 Å². The van der Waals surface area contributed by atoms with Crippen LogP contribution in [0.1, 0.15) is 12.5 Å². The number of hydrogen-bond donors (Lipinski definition) is 0. The minimum Gasteiger partial charge on any atom is -0.428 e. The topological polar surface area (TPSA) is 35.5 Å². The molecule has 86 valence electrons. The summed E-state index contributed by atoms with van der Waals surface area (Å²) < 4.78 is 10.4. The minimum absolute atomic E-state index is 0.390. The van der Waals surface area contributed by atoms with Crippen LogP contribution in [0.5, 0.6) is 5.75 Å². The van der Waals surface area contributed by atoms with Gasteiger partial charge in [0.15, 0.2) is 0 Å². The van der Waals surface area contributed by atoms with Gasteiger partial charge in [-0.3, -0.25) is 0 Å². The highest BCUT2D eigenvalue weighted by Gasteiger charge is 2.08. The first kappa shape index (κ1) is 12.7. The van der Waals surface area contributed by atoms with Crippen LogP contribution < -0.4 is 4.74 Å². The molecular formula is C12H16O3Si. The van der Waals surface area contributed by atoms with E-state index in [9.17, 15) is 4.79 Å². The van der Waals surface area contributed by atoms with Gasteiger partial charge < -0.3 is 9.16 Å². The van der Waals surface area contributed by atoms with Crippen LogP contribution in [0.4, 0.5) is 0 Å². The Bertz CT molecular complexity index is 388. The van der Waals surface area contributed by atoms with E-state index in [1.54, 1.807) is 13.0 Å². The van der Waals surface area contributed by atoms with E-state index in [0.29, 0.717) is 17.9 Å². The molecule has 0 radical (unpaired) electrons. The molecule has 0 heterocycles. The zero-order valence-electron chi connectivity index (χ0n) is 9.66. The van der Waals surface area contributed by atoms with Crippen LogP contribution in [0.25, 0.3) is 0 Å². The molecule has 4 heteroatoms. The third-order valence-corrected chi connectivity index (χ3v) is 2.51. The maximum atomic E-state index is 11.4. The van der Waals surface area contributed by atoms with E-state index in [0.717, 1.165) is 22.5 Å². The van der Waals surface area contributed by atoms with Gasteiger partial charge in [0.25, 0.3) is 0 Å². The molecule has 1 rings (SSSR count). The number of esters is 1. The second kappa shape index (κ2) is 6.25. The molecule has 1 aromatic rings. The lowest BCUT2D eigenvalue weighted by Crippen LogP contribution is -2.10. The fraction of sp³-hybridized carbons (Fsp3) is 0.250. The molecule has 0 aromatic heterocycles. The van der Waals surface area contributed by atoms with E-state index < -0.39 is 0 Å². The summed E-state index contributed by atoms with van der Waals surface area (Å²) >= 11 is 0. The summed E-state index contributed by atoms with van der Waals surface area (Å²) in [4.78, 5) is 11.4. The summed E-state index contributed by atoms with van der Waals surface area (Å²) in [5.74, 6) is 0.202. The first-order valence-corrected chi connectivity index (χ1v) is 5.91. The SMILES string of the molecule is C=C(C)C(=O)Oc1ccccc1CCO[SiH3]. The number of benzene rings is 1. The van der Waals surface area contributed by atoms with Gasteiger partial charge in [0.05, 0.1) is 0 Å². The molecule has 0 saturated carbocycles. The smallest absolute Gasteiger partial charge is 0.338 e. The van der Waals surface area contributed by atoms with Crippen LogP contribution in [0.2, 0.25) is 0 Å². The highest BCUT2D eigenvalue weighted by atomic mass is 28.2. The molecule has 1 aromatic carbocycles. The molecule has 0 aliphatic rings. The number of carbonyl (C=O) groups is 1. The van der Waals surface area contributed by atoms with Crippen molar-refractivity contribution in [2.75, 3.05) is 6.61 Å². The largest absolute Gasteiger partial charge is 0.428 e. The van der Waals surface area contributed by atoms with Gasteiger partial charge in [-0.25, -0.2) is 4.79 Å². The summed E-state index contributed by atoms with van der Waals surface area (Å²) in [7, 11) is 0.721. The van der Waals surface area contributed by atoms with Gasteiger partial charge >= 0.3 is 5.97 Å². The molecule has 0 fully saturated rings. The summed E-state index contributed by atoms with van der Waals surface area (Å²) in [6.07, 6.45) is 0.753. The Morgan fingerprint density at radius 1 is 1.44 bits per heavy atom. The number of rotatable bonds is 5. The molecule has 0 atom stereocenters. The Morgan fingerprint density at radius 3 is 2.75 bits per heavy atom. The van der Waals surface area contributed by atoms with E-state index in [1.807, 2.05) is 18.2 Å². The zero-order valence-corrected chi connectivity index (χ0v) is 11.7. The van der Waals surface area contributed by atoms with E-state index in [2.05, 4.69) is 6.58 Å². The van der Waals surface area contributed by atoms with E-state index in [4.69, 9.17) is 9.16 Å². The van der Waals surface area contributed by atoms with E-state index in [-0.39, 0.29) is 5.97 Å². The molecule has 3 nitrogen and oxygen atoms in total. The quantitative estimate of drug-likeness (QED) is 0.331. The Morgan fingerprint density at radius 2 is 2.12 bits per heavy atom. The lowest BCUT2D eigenvalue weighted by atomic mass is 10.1. The lowest BCUT2D eigenvalue weighted by Gasteiger charge is -2.09. The molecule has 0 spiro atoms. The molecule has 0 saturated heterocycles. The molecule has 0 bridgehead atoms. The first-order chi connectivity index (χ1) is 7.65. The Hall–Kier alpha value is -1.39. The van der Waals surface area contributed by atoms with Crippen LogP contribution in [0.15, 0.2) is 36.4 Å². The number of carbonyl (C=O) groups excluding carboxylic acids is 1. The highest BCUT2D eigenvalue weighted by Crippen LogP contribution is 2.19. The van der Waals surface area contributed by atoms with Crippen molar-refractivity contribution in [3.63, 3.8) is 0 Å². The Labute approximate surface area is 98.6 Å². The maximum absolute atomic E-state index is 11.4. The highest BCUT2D eigenvalue weighted by molar-refractivity contribution is 5.97. The standard InChI is InChI=1S/C12H16O3Si/c1-9(2)12(13)15-11-6-4-3-5-10(11)7-8-14-16/h3-6H,1,7-8H2,2,16H3. The third kappa shape index (κ3) is 3.64. The van der Waals surface area contributed by atoms with Gasteiger partial charge in [0.1, 0.15) is 16.2 Å². The van der Waals surface area contributed by atoms with Crippen LogP contribution in [-0.4, -0.2) is 23.1 Å². The molecular weight excluding hydrogens is 220 g/mol. The fourth-order valence-electron chi connectivity index (χ4n) is 1.21. The van der Waals surface area contributed by atoms with Gasteiger partial charge in [-0.2, -0.15) is 0 Å². The van der Waals surface area contributed by atoms with Crippen LogP contribution in [-0.2, 0) is 15.6 Å². The van der Waals surface area contributed by atoms with E-state index in [1.165, 1.54) is 0 Å². The Balaban J connectivity index is 2.78. The molecule has 0 aliphatic carbocycles. The van der Waals surface area contributed by atoms with Crippen molar-refractivity contribution in [2.24, 2.45) is 0 Å². The summed E-state index contributed by atoms with van der Waals surface area (Å²) in [6, 6.07) is 7.47. The monoisotopic (exact) mass is 236 g/mol. The maximum Gasteiger partial charge on any atom is 0.338 e. The van der Waals surface area contributed by atoms with Crippen LogP contribution in [0, 0.1) is 0 Å². The van der Waals surface area contributed by atoms with Crippen LogP contribution >= 0.6 is 0 Å². The van der Waals surface area contributed by atoms with Gasteiger partial charge in [0, 0.05) is 12.2 Å². The Kier molecular flexibility index (Phi) is 4.95. The molecule has 0 N–H and O–H groups in total. The predicted octanol–water partition coefficient (Wildman–Crippen LogP) is 1.01. The first-order valence-electron chi connectivity index (χ1n) is 5.09. The minimum atomic E-state index is -0.390. The molecule has 0 amide bonds. The van der Waals surface area contributed by atoms with Crippen molar-refractivity contribution in [3.8, 4) is 5.75 Å². The molecule has 0 aliphatic heterocycles. The molecule has 0 unspecified atom stereocenters. The normalized spacial score (nSPS) is 10.1. The lowest BCUT2D eigenvalue weighted by molar-refractivity contribution is -0.130. The number of ether oxygens (including phenoxy) is 1.